The normalized spacial score (nSPS) is 8.69. The van der Waals surface area contributed by atoms with Crippen LogP contribution in [0.4, 0.5) is 0 Å². The Morgan fingerprint density at radius 3 is 2.92 bits per heavy atom. The molecule has 0 bridgehead atoms. The number of hydrogen-bond donors (Lipinski definition) is 1. The van der Waals surface area contributed by atoms with Gasteiger partial charge in [-0.05, 0) is 6.07 Å². The summed E-state index contributed by atoms with van der Waals surface area (Å²) in [5.74, 6) is -0.625. The molecular formula is C7H7ClLiNO3. The summed E-state index contributed by atoms with van der Waals surface area (Å²) in [6.45, 7) is -0.375. The van der Waals surface area contributed by atoms with Gasteiger partial charge in [-0.2, -0.15) is 0 Å². The van der Waals surface area contributed by atoms with E-state index < -0.39 is 5.97 Å². The summed E-state index contributed by atoms with van der Waals surface area (Å²) < 4.78 is 4.82. The number of halogens is 1. The summed E-state index contributed by atoms with van der Waals surface area (Å²) in [7, 11) is 0. The van der Waals surface area contributed by atoms with Crippen molar-refractivity contribution in [2.75, 3.05) is 6.61 Å². The van der Waals surface area contributed by atoms with Crippen molar-refractivity contribution in [2.45, 2.75) is 0 Å². The summed E-state index contributed by atoms with van der Waals surface area (Å²) in [5, 5.41) is 8.55. The number of carboxylic acid groups (broad SMARTS) is 1. The molecule has 0 radical (unpaired) electrons. The van der Waals surface area contributed by atoms with Crippen LogP contribution in [-0.2, 0) is 4.79 Å². The van der Waals surface area contributed by atoms with Gasteiger partial charge < -0.3 is 9.84 Å². The van der Waals surface area contributed by atoms with E-state index in [1.165, 1.54) is 18.3 Å². The zero-order valence-corrected chi connectivity index (χ0v) is 6.78. The van der Waals surface area contributed by atoms with Crippen molar-refractivity contribution in [3.8, 4) is 5.75 Å². The van der Waals surface area contributed by atoms with Crippen LogP contribution < -0.4 is 4.74 Å². The first-order valence-corrected chi connectivity index (χ1v) is 3.52. The van der Waals surface area contributed by atoms with Crippen molar-refractivity contribution in [1.82, 2.24) is 4.98 Å². The first-order valence-electron chi connectivity index (χ1n) is 3.14. The van der Waals surface area contributed by atoms with Crippen LogP contribution in [0.2, 0.25) is 5.15 Å². The minimum atomic E-state index is -1.03. The van der Waals surface area contributed by atoms with Gasteiger partial charge in [0.1, 0.15) is 10.9 Å². The van der Waals surface area contributed by atoms with Crippen LogP contribution in [0.25, 0.3) is 0 Å². The number of aromatic nitrogens is 1. The van der Waals surface area contributed by atoms with Crippen molar-refractivity contribution >= 4 is 36.4 Å². The van der Waals surface area contributed by atoms with Crippen molar-refractivity contribution in [2.24, 2.45) is 0 Å². The van der Waals surface area contributed by atoms with E-state index in [-0.39, 0.29) is 30.6 Å². The Hall–Kier alpha value is -0.693. The zero-order valence-electron chi connectivity index (χ0n) is 6.03. The van der Waals surface area contributed by atoms with Gasteiger partial charge in [0.25, 0.3) is 0 Å². The van der Waals surface area contributed by atoms with Crippen molar-refractivity contribution in [3.05, 3.63) is 23.5 Å². The van der Waals surface area contributed by atoms with Gasteiger partial charge in [0.2, 0.25) is 0 Å². The molecule has 0 aliphatic carbocycles. The van der Waals surface area contributed by atoms with E-state index in [0.717, 1.165) is 0 Å². The van der Waals surface area contributed by atoms with E-state index >= 15 is 0 Å². The van der Waals surface area contributed by atoms with Gasteiger partial charge in [0.15, 0.2) is 6.61 Å². The van der Waals surface area contributed by atoms with Gasteiger partial charge in [-0.25, -0.2) is 9.78 Å². The number of nitrogens with zero attached hydrogens (tertiary/aromatic N) is 1. The molecular weight excluding hydrogens is 188 g/mol. The summed E-state index contributed by atoms with van der Waals surface area (Å²) in [6, 6.07) is 2.99. The van der Waals surface area contributed by atoms with Gasteiger partial charge >= 0.3 is 24.8 Å². The molecule has 0 spiro atoms. The average Bonchev–Trinajstić information content (AvgIpc) is 2.01. The van der Waals surface area contributed by atoms with Gasteiger partial charge in [-0.3, -0.25) is 0 Å². The summed E-state index contributed by atoms with van der Waals surface area (Å²) in [5.41, 5.74) is 0. The van der Waals surface area contributed by atoms with Crippen LogP contribution in [0.5, 0.6) is 5.75 Å². The summed E-state index contributed by atoms with van der Waals surface area (Å²) >= 11 is 5.52. The second-order valence-corrected chi connectivity index (χ2v) is 2.38. The van der Waals surface area contributed by atoms with Gasteiger partial charge in [-0.1, -0.05) is 11.6 Å². The number of ether oxygens (including phenoxy) is 1. The molecule has 0 fully saturated rings. The van der Waals surface area contributed by atoms with Crippen LogP contribution in [0.1, 0.15) is 0 Å². The topological polar surface area (TPSA) is 59.4 Å². The number of rotatable bonds is 3. The Balaban J connectivity index is 0.00000144. The molecule has 1 aromatic heterocycles. The summed E-state index contributed by atoms with van der Waals surface area (Å²) in [6.07, 6.45) is 1.44. The standard InChI is InChI=1S/C7H6ClNO3.Li.H/c8-6-3-5(1-2-9-6)12-4-7(10)11;;/h1-3H,4H2,(H,10,11);;. The van der Waals surface area contributed by atoms with Gasteiger partial charge in [-0.15, -0.1) is 0 Å². The second kappa shape index (κ2) is 5.87. The van der Waals surface area contributed by atoms with Crippen molar-refractivity contribution in [1.29, 1.82) is 0 Å². The Labute approximate surface area is 92.1 Å². The number of aliphatic carboxylic acids is 1. The molecule has 6 heteroatoms. The minimum absolute atomic E-state index is 0. The Morgan fingerprint density at radius 1 is 1.69 bits per heavy atom. The molecule has 1 aromatic rings. The molecule has 0 aromatic carbocycles. The molecule has 13 heavy (non-hydrogen) atoms. The van der Waals surface area contributed by atoms with Crippen LogP contribution in [-0.4, -0.2) is 41.5 Å². The zero-order chi connectivity index (χ0) is 8.97. The quantitative estimate of drug-likeness (QED) is 0.565. The van der Waals surface area contributed by atoms with E-state index in [0.29, 0.717) is 5.75 Å². The molecule has 0 saturated heterocycles. The number of carbonyl (C=O) groups is 1. The van der Waals surface area contributed by atoms with Crippen molar-refractivity contribution in [3.63, 3.8) is 0 Å². The number of carboxylic acids is 1. The third-order valence-corrected chi connectivity index (χ3v) is 1.27. The molecule has 0 aliphatic heterocycles. The fraction of sp³-hybridized carbons (Fsp3) is 0.143. The Morgan fingerprint density at radius 2 is 2.38 bits per heavy atom. The van der Waals surface area contributed by atoms with Crippen LogP contribution >= 0.6 is 11.6 Å². The molecule has 1 rings (SSSR count). The molecule has 0 atom stereocenters. The molecule has 1 N–H and O–H groups in total. The van der Waals surface area contributed by atoms with E-state index in [2.05, 4.69) is 4.98 Å². The Kier molecular flexibility index (Phi) is 5.56. The van der Waals surface area contributed by atoms with E-state index in [1.807, 2.05) is 0 Å². The fourth-order valence-corrected chi connectivity index (χ4v) is 0.783. The van der Waals surface area contributed by atoms with Gasteiger partial charge in [0, 0.05) is 12.3 Å². The first-order chi connectivity index (χ1) is 5.68. The molecule has 0 unspecified atom stereocenters. The second-order valence-electron chi connectivity index (χ2n) is 2.00. The fourth-order valence-electron chi connectivity index (χ4n) is 0.620. The molecule has 0 aliphatic rings. The molecule has 1 heterocycles. The van der Waals surface area contributed by atoms with E-state index in [1.54, 1.807) is 0 Å². The molecule has 0 amide bonds. The Bertz CT molecular complexity index is 295. The molecule has 4 nitrogen and oxygen atoms in total. The van der Waals surface area contributed by atoms with Crippen LogP contribution in [0.3, 0.4) is 0 Å². The SMILES string of the molecule is O=C(O)COc1ccnc(Cl)c1.[LiH]. The third kappa shape index (κ3) is 4.79. The van der Waals surface area contributed by atoms with Crippen molar-refractivity contribution < 1.29 is 14.6 Å². The van der Waals surface area contributed by atoms with Gasteiger partial charge in [0.05, 0.1) is 0 Å². The van der Waals surface area contributed by atoms with E-state index in [9.17, 15) is 4.79 Å². The van der Waals surface area contributed by atoms with E-state index in [4.69, 9.17) is 21.4 Å². The molecule has 0 saturated carbocycles. The van der Waals surface area contributed by atoms with Crippen LogP contribution in [0, 0.1) is 0 Å². The average molecular weight is 196 g/mol. The first kappa shape index (κ1) is 12.3. The monoisotopic (exact) mass is 195 g/mol. The predicted octanol–water partition coefficient (Wildman–Crippen LogP) is 0.550. The predicted molar refractivity (Wildman–Crippen MR) is 49.5 cm³/mol. The third-order valence-electron chi connectivity index (χ3n) is 1.06. The maximum absolute atomic E-state index is 10.1. The number of hydrogen-bond acceptors (Lipinski definition) is 3. The molecule has 66 valence electrons. The van der Waals surface area contributed by atoms with Crippen LogP contribution in [0.15, 0.2) is 18.3 Å². The summed E-state index contributed by atoms with van der Waals surface area (Å²) in [4.78, 5) is 13.8. The maximum atomic E-state index is 10.1. The number of pyridine rings is 1.